The number of thioether (sulfide) groups is 1. The molecule has 1 saturated heterocycles. The second-order valence-electron chi connectivity index (χ2n) is 9.00. The summed E-state index contributed by atoms with van der Waals surface area (Å²) in [6, 6.07) is 26.7. The molecule has 8 nitrogen and oxygen atoms in total. The summed E-state index contributed by atoms with van der Waals surface area (Å²) in [5, 5.41) is 14.9. The first-order valence-corrected chi connectivity index (χ1v) is 14.3. The molecule has 194 valence electrons. The largest absolute Gasteiger partial charge is 0.274 e. The van der Waals surface area contributed by atoms with Crippen molar-refractivity contribution in [3.63, 3.8) is 0 Å². The van der Waals surface area contributed by atoms with E-state index in [1.807, 2.05) is 67.6 Å². The number of aromatic nitrogens is 1. The number of anilines is 1. The number of rotatable bonds is 6. The monoisotopic (exact) mass is 554 g/mol. The van der Waals surface area contributed by atoms with Crippen molar-refractivity contribution in [2.45, 2.75) is 28.5 Å². The van der Waals surface area contributed by atoms with E-state index in [1.54, 1.807) is 0 Å². The lowest BCUT2D eigenvalue weighted by Crippen LogP contribution is -2.31. The summed E-state index contributed by atoms with van der Waals surface area (Å²) in [7, 11) is -3.92. The maximum atomic E-state index is 13.4. The molecule has 0 aliphatic carbocycles. The molecule has 39 heavy (non-hydrogen) atoms. The molecule has 0 bridgehead atoms. The second-order valence-corrected chi connectivity index (χ2v) is 11.7. The molecule has 3 aromatic carbocycles. The number of hydrogen-bond donors (Lipinski definition) is 1. The number of aryl methyl sites for hydroxylation is 1. The van der Waals surface area contributed by atoms with Gasteiger partial charge in [-0.15, -0.1) is 0 Å². The highest BCUT2D eigenvalue weighted by molar-refractivity contribution is 8.00. The smallest absolute Gasteiger partial charge is 0.247 e. The zero-order valence-corrected chi connectivity index (χ0v) is 22.4. The van der Waals surface area contributed by atoms with Gasteiger partial charge in [-0.25, -0.2) is 23.4 Å². The molecular formula is C29H22N4O4S2. The van der Waals surface area contributed by atoms with Crippen LogP contribution in [0.4, 0.5) is 5.69 Å². The SMILES string of the molecule is Cc1ccc(-c2cc(-c3ccccc3)nc(SC3CC(=O)N(c4ccc(S(N)(=O)=O)cc4)C3=O)c2C#N)cc1. The maximum absolute atomic E-state index is 13.4. The van der Waals surface area contributed by atoms with Crippen LogP contribution in [-0.4, -0.2) is 30.5 Å². The predicted octanol–water partition coefficient (Wildman–Crippen LogP) is 4.67. The third-order valence-electron chi connectivity index (χ3n) is 6.31. The Kier molecular flexibility index (Phi) is 7.06. The summed E-state index contributed by atoms with van der Waals surface area (Å²) in [5.41, 5.74) is 4.65. The fourth-order valence-electron chi connectivity index (χ4n) is 4.32. The highest BCUT2D eigenvalue weighted by Crippen LogP contribution is 2.39. The Morgan fingerprint density at radius 1 is 0.974 bits per heavy atom. The topological polar surface area (TPSA) is 134 Å². The first-order chi connectivity index (χ1) is 18.7. The number of amides is 2. The van der Waals surface area contributed by atoms with Crippen molar-refractivity contribution in [3.05, 3.63) is 96.1 Å². The van der Waals surface area contributed by atoms with Crippen molar-refractivity contribution >= 4 is 39.3 Å². The highest BCUT2D eigenvalue weighted by Gasteiger charge is 2.41. The molecule has 1 unspecified atom stereocenters. The summed E-state index contributed by atoms with van der Waals surface area (Å²) in [4.78, 5) is 31.9. The third kappa shape index (κ3) is 5.33. The van der Waals surface area contributed by atoms with E-state index in [0.717, 1.165) is 33.4 Å². The molecule has 2 N–H and O–H groups in total. The van der Waals surface area contributed by atoms with Gasteiger partial charge in [0.15, 0.2) is 0 Å². The number of pyridine rings is 1. The van der Waals surface area contributed by atoms with Crippen LogP contribution in [0.1, 0.15) is 17.5 Å². The van der Waals surface area contributed by atoms with Gasteiger partial charge in [-0.3, -0.25) is 9.59 Å². The summed E-state index contributed by atoms with van der Waals surface area (Å²) in [5.74, 6) is -0.904. The third-order valence-corrected chi connectivity index (χ3v) is 8.41. The summed E-state index contributed by atoms with van der Waals surface area (Å²) < 4.78 is 23.2. The highest BCUT2D eigenvalue weighted by atomic mass is 32.2. The fourth-order valence-corrected chi connectivity index (χ4v) is 5.96. The lowest BCUT2D eigenvalue weighted by atomic mass is 9.98. The number of carbonyl (C=O) groups excluding carboxylic acids is 2. The maximum Gasteiger partial charge on any atom is 0.247 e. The van der Waals surface area contributed by atoms with Gasteiger partial charge in [0.05, 0.1) is 27.1 Å². The van der Waals surface area contributed by atoms with Gasteiger partial charge in [-0.05, 0) is 42.8 Å². The Morgan fingerprint density at radius 3 is 2.26 bits per heavy atom. The van der Waals surface area contributed by atoms with Crippen molar-refractivity contribution in [1.29, 1.82) is 5.26 Å². The van der Waals surface area contributed by atoms with Gasteiger partial charge in [0, 0.05) is 17.5 Å². The minimum atomic E-state index is -3.92. The average Bonchev–Trinajstić information content (AvgIpc) is 3.21. The molecular weight excluding hydrogens is 532 g/mol. The van der Waals surface area contributed by atoms with Crippen molar-refractivity contribution in [2.75, 3.05) is 4.90 Å². The van der Waals surface area contributed by atoms with Gasteiger partial charge >= 0.3 is 0 Å². The number of hydrogen-bond acceptors (Lipinski definition) is 7. The Bertz CT molecular complexity index is 1730. The average molecular weight is 555 g/mol. The summed E-state index contributed by atoms with van der Waals surface area (Å²) in [6.07, 6.45) is -0.0948. The van der Waals surface area contributed by atoms with Crippen molar-refractivity contribution in [1.82, 2.24) is 4.98 Å². The Balaban J connectivity index is 1.53. The normalized spacial score (nSPS) is 15.4. The van der Waals surface area contributed by atoms with Gasteiger partial charge in [0.2, 0.25) is 21.8 Å². The minimum absolute atomic E-state index is 0.0948. The van der Waals surface area contributed by atoms with Crippen LogP contribution in [0, 0.1) is 18.3 Å². The van der Waals surface area contributed by atoms with E-state index in [2.05, 4.69) is 6.07 Å². The standard InChI is InChI=1S/C29H22N4O4S2/c1-18-7-9-19(10-8-18)23-15-25(20-5-3-2-4-6-20)32-28(24(23)17-30)38-26-16-27(34)33(29(26)35)21-11-13-22(14-12-21)39(31,36)37/h2-15,26H,16H2,1H3,(H2,31,36,37). The first kappa shape index (κ1) is 26.3. The molecule has 1 aliphatic rings. The zero-order chi connectivity index (χ0) is 27.7. The molecule has 1 atom stereocenters. The van der Waals surface area contributed by atoms with Gasteiger partial charge in [-0.2, -0.15) is 5.26 Å². The molecule has 0 radical (unpaired) electrons. The van der Waals surface area contributed by atoms with Crippen molar-refractivity contribution < 1.29 is 18.0 Å². The lowest BCUT2D eigenvalue weighted by Gasteiger charge is -2.16. The van der Waals surface area contributed by atoms with Gasteiger partial charge < -0.3 is 0 Å². The fraction of sp³-hybridized carbons (Fsp3) is 0.103. The second kappa shape index (κ2) is 10.5. The van der Waals surface area contributed by atoms with Gasteiger partial charge in [0.1, 0.15) is 11.1 Å². The number of nitriles is 1. The van der Waals surface area contributed by atoms with Crippen LogP contribution in [-0.2, 0) is 19.6 Å². The van der Waals surface area contributed by atoms with Crippen LogP contribution >= 0.6 is 11.8 Å². The van der Waals surface area contributed by atoms with E-state index < -0.39 is 27.1 Å². The van der Waals surface area contributed by atoms with Crippen LogP contribution in [0.3, 0.4) is 0 Å². The number of primary sulfonamides is 1. The molecule has 1 aromatic heterocycles. The van der Waals surface area contributed by atoms with Gasteiger partial charge in [0.25, 0.3) is 0 Å². The molecule has 1 fully saturated rings. The van der Waals surface area contributed by atoms with E-state index in [0.29, 0.717) is 21.8 Å². The van der Waals surface area contributed by atoms with Gasteiger partial charge in [-0.1, -0.05) is 71.9 Å². The van der Waals surface area contributed by atoms with E-state index in [9.17, 15) is 23.3 Å². The summed E-state index contributed by atoms with van der Waals surface area (Å²) >= 11 is 1.08. The molecule has 0 spiro atoms. The quantitative estimate of drug-likeness (QED) is 0.342. The first-order valence-electron chi connectivity index (χ1n) is 11.9. The molecule has 10 heteroatoms. The van der Waals surface area contributed by atoms with E-state index in [-0.39, 0.29) is 17.0 Å². The number of benzene rings is 3. The Morgan fingerprint density at radius 2 is 1.64 bits per heavy atom. The number of imide groups is 1. The lowest BCUT2D eigenvalue weighted by molar-refractivity contribution is -0.121. The minimum Gasteiger partial charge on any atom is -0.274 e. The number of carbonyl (C=O) groups is 2. The van der Waals surface area contributed by atoms with Crippen molar-refractivity contribution in [3.8, 4) is 28.5 Å². The van der Waals surface area contributed by atoms with Crippen LogP contribution < -0.4 is 10.0 Å². The van der Waals surface area contributed by atoms with Crippen LogP contribution in [0.25, 0.3) is 22.4 Å². The molecule has 4 aromatic rings. The summed E-state index contributed by atoms with van der Waals surface area (Å²) in [6.45, 7) is 1.98. The van der Waals surface area contributed by atoms with Crippen LogP contribution in [0.5, 0.6) is 0 Å². The zero-order valence-electron chi connectivity index (χ0n) is 20.7. The molecule has 5 rings (SSSR count). The molecule has 2 amide bonds. The molecule has 0 saturated carbocycles. The van der Waals surface area contributed by atoms with E-state index in [4.69, 9.17) is 10.1 Å². The molecule has 2 heterocycles. The van der Waals surface area contributed by atoms with Crippen molar-refractivity contribution in [2.24, 2.45) is 5.14 Å². The molecule has 1 aliphatic heterocycles. The van der Waals surface area contributed by atoms with E-state index >= 15 is 0 Å². The Hall–Kier alpha value is -4.30. The van der Waals surface area contributed by atoms with E-state index in [1.165, 1.54) is 24.3 Å². The van der Waals surface area contributed by atoms with Crippen LogP contribution in [0.15, 0.2) is 94.9 Å². The number of nitrogens with zero attached hydrogens (tertiary/aromatic N) is 3. The predicted molar refractivity (Wildman–Crippen MR) is 149 cm³/mol. The number of nitrogens with two attached hydrogens (primary N) is 1. The Labute approximate surface area is 230 Å². The number of sulfonamides is 1. The van der Waals surface area contributed by atoms with Crippen LogP contribution in [0.2, 0.25) is 0 Å².